The van der Waals surface area contributed by atoms with E-state index < -0.39 is 5.97 Å². The molecule has 0 unspecified atom stereocenters. The van der Waals surface area contributed by atoms with Crippen LogP contribution < -0.4 is 5.32 Å². The Hall–Kier alpha value is -2.37. The Morgan fingerprint density at radius 3 is 2.88 bits per heavy atom. The number of rotatable bonds is 4. The van der Waals surface area contributed by atoms with Crippen molar-refractivity contribution in [2.45, 2.75) is 13.5 Å². The molecule has 2 N–H and O–H groups in total. The lowest BCUT2D eigenvalue weighted by molar-refractivity contribution is 0.0695. The van der Waals surface area contributed by atoms with E-state index in [0.717, 1.165) is 5.69 Å². The monoisotopic (exact) mass is 233 g/mol. The minimum atomic E-state index is -0.974. The predicted molar refractivity (Wildman–Crippen MR) is 59.8 cm³/mol. The molecule has 0 atom stereocenters. The molecular formula is C11H11N3O3. The number of aromatic nitrogens is 2. The first-order valence-electron chi connectivity index (χ1n) is 5.01. The zero-order valence-electron chi connectivity index (χ0n) is 9.17. The Bertz CT molecular complexity index is 523. The van der Waals surface area contributed by atoms with E-state index in [1.54, 1.807) is 19.1 Å². The number of nitrogens with one attached hydrogen (secondary N) is 1. The first-order chi connectivity index (χ1) is 8.16. The molecule has 0 saturated heterocycles. The van der Waals surface area contributed by atoms with Crippen molar-refractivity contribution in [1.29, 1.82) is 0 Å². The summed E-state index contributed by atoms with van der Waals surface area (Å²) in [7, 11) is 0. The van der Waals surface area contributed by atoms with Gasteiger partial charge in [-0.05, 0) is 19.1 Å². The number of nitrogens with zero attached hydrogens (tertiary/aromatic N) is 2. The number of carboxylic acid groups (broad SMARTS) is 1. The molecule has 0 spiro atoms. The van der Waals surface area contributed by atoms with Gasteiger partial charge in [0.05, 0.1) is 17.8 Å². The maximum absolute atomic E-state index is 10.8. The predicted octanol–water partition coefficient (Wildman–Crippen LogP) is 1.69. The maximum Gasteiger partial charge on any atom is 0.337 e. The van der Waals surface area contributed by atoms with Crippen molar-refractivity contribution in [3.63, 3.8) is 0 Å². The fraction of sp³-hybridized carbons (Fsp3) is 0.182. The van der Waals surface area contributed by atoms with Crippen LogP contribution in [0.1, 0.15) is 21.7 Å². The normalized spacial score (nSPS) is 10.2. The van der Waals surface area contributed by atoms with Gasteiger partial charge in [-0.25, -0.2) is 9.78 Å². The molecule has 0 aliphatic heterocycles. The average molecular weight is 233 g/mol. The zero-order chi connectivity index (χ0) is 12.3. The van der Waals surface area contributed by atoms with Gasteiger partial charge in [0.15, 0.2) is 0 Å². The molecule has 2 aromatic rings. The molecule has 0 fully saturated rings. The maximum atomic E-state index is 10.8. The van der Waals surface area contributed by atoms with Gasteiger partial charge >= 0.3 is 5.97 Å². The summed E-state index contributed by atoms with van der Waals surface area (Å²) in [6.45, 7) is 2.14. The summed E-state index contributed by atoms with van der Waals surface area (Å²) in [6.07, 6.45) is 1.49. The third-order valence-corrected chi connectivity index (χ3v) is 2.26. The van der Waals surface area contributed by atoms with Crippen LogP contribution in [0.3, 0.4) is 0 Å². The second kappa shape index (κ2) is 4.65. The highest BCUT2D eigenvalue weighted by atomic mass is 16.5. The standard InChI is InChI=1S/C11H11N3O3/c1-7-9(11(15)16)2-3-10(13-7)12-6-8-4-5-17-14-8/h2-5H,6H2,1H3,(H,12,13)(H,15,16). The van der Waals surface area contributed by atoms with Gasteiger partial charge in [0.2, 0.25) is 0 Å². The SMILES string of the molecule is Cc1nc(NCc2ccon2)ccc1C(=O)O. The molecule has 0 amide bonds. The number of aromatic carboxylic acids is 1. The molecular weight excluding hydrogens is 222 g/mol. The van der Waals surface area contributed by atoms with Crippen molar-refractivity contribution >= 4 is 11.8 Å². The second-order valence-electron chi connectivity index (χ2n) is 3.48. The van der Waals surface area contributed by atoms with Crippen molar-refractivity contribution in [2.24, 2.45) is 0 Å². The molecule has 6 nitrogen and oxygen atoms in total. The summed E-state index contributed by atoms with van der Waals surface area (Å²) in [6, 6.07) is 4.89. The number of aryl methyl sites for hydroxylation is 1. The first kappa shape index (κ1) is 11.1. The molecule has 0 aromatic carbocycles. The number of pyridine rings is 1. The van der Waals surface area contributed by atoms with Gasteiger partial charge in [0, 0.05) is 6.07 Å². The zero-order valence-corrected chi connectivity index (χ0v) is 9.17. The van der Waals surface area contributed by atoms with Gasteiger partial charge < -0.3 is 14.9 Å². The Morgan fingerprint density at radius 1 is 1.47 bits per heavy atom. The van der Waals surface area contributed by atoms with Crippen LogP contribution in [0.5, 0.6) is 0 Å². The van der Waals surface area contributed by atoms with E-state index in [-0.39, 0.29) is 5.56 Å². The molecule has 6 heteroatoms. The molecule has 2 rings (SSSR count). The Morgan fingerprint density at radius 2 is 2.29 bits per heavy atom. The summed E-state index contributed by atoms with van der Waals surface area (Å²) in [5.74, 6) is -0.367. The number of anilines is 1. The summed E-state index contributed by atoms with van der Waals surface area (Å²) < 4.78 is 4.69. The van der Waals surface area contributed by atoms with Crippen LogP contribution in [0.2, 0.25) is 0 Å². The summed E-state index contributed by atoms with van der Waals surface area (Å²) in [5, 5.41) is 15.6. The quantitative estimate of drug-likeness (QED) is 0.835. The highest BCUT2D eigenvalue weighted by molar-refractivity contribution is 5.89. The summed E-state index contributed by atoms with van der Waals surface area (Å²) in [5.41, 5.74) is 1.44. The molecule has 0 aliphatic rings. The van der Waals surface area contributed by atoms with Gasteiger partial charge in [-0.1, -0.05) is 5.16 Å². The molecule has 17 heavy (non-hydrogen) atoms. The summed E-state index contributed by atoms with van der Waals surface area (Å²) >= 11 is 0. The topological polar surface area (TPSA) is 88.3 Å². The van der Waals surface area contributed by atoms with Gasteiger partial charge in [0.1, 0.15) is 17.8 Å². The molecule has 0 saturated carbocycles. The minimum Gasteiger partial charge on any atom is -0.478 e. The fourth-order valence-corrected chi connectivity index (χ4v) is 1.40. The van der Waals surface area contributed by atoms with Crippen LogP contribution in [0.4, 0.5) is 5.82 Å². The lowest BCUT2D eigenvalue weighted by Crippen LogP contribution is -2.06. The van der Waals surface area contributed by atoms with E-state index in [4.69, 9.17) is 5.11 Å². The Balaban J connectivity index is 2.07. The lowest BCUT2D eigenvalue weighted by Gasteiger charge is -2.05. The van der Waals surface area contributed by atoms with Gasteiger partial charge in [-0.2, -0.15) is 0 Å². The van der Waals surface area contributed by atoms with Crippen LogP contribution >= 0.6 is 0 Å². The molecule has 88 valence electrons. The smallest absolute Gasteiger partial charge is 0.337 e. The van der Waals surface area contributed by atoms with Crippen molar-refractivity contribution in [1.82, 2.24) is 10.1 Å². The highest BCUT2D eigenvalue weighted by Gasteiger charge is 2.08. The minimum absolute atomic E-state index is 0.206. The number of carboxylic acids is 1. The van der Waals surface area contributed by atoms with Crippen LogP contribution in [0.25, 0.3) is 0 Å². The number of hydrogen-bond acceptors (Lipinski definition) is 5. The van der Waals surface area contributed by atoms with Crippen LogP contribution in [-0.4, -0.2) is 21.2 Å². The Labute approximate surface area is 97.3 Å². The molecule has 2 aromatic heterocycles. The van der Waals surface area contributed by atoms with E-state index in [1.165, 1.54) is 12.3 Å². The van der Waals surface area contributed by atoms with Crippen LogP contribution in [0, 0.1) is 6.92 Å². The van der Waals surface area contributed by atoms with Crippen LogP contribution in [-0.2, 0) is 6.54 Å². The van der Waals surface area contributed by atoms with Gasteiger partial charge in [-0.15, -0.1) is 0 Å². The third-order valence-electron chi connectivity index (χ3n) is 2.26. The first-order valence-corrected chi connectivity index (χ1v) is 5.01. The van der Waals surface area contributed by atoms with Crippen molar-refractivity contribution in [3.05, 3.63) is 41.4 Å². The molecule has 0 aliphatic carbocycles. The van der Waals surface area contributed by atoms with Gasteiger partial charge in [-0.3, -0.25) is 0 Å². The largest absolute Gasteiger partial charge is 0.478 e. The van der Waals surface area contributed by atoms with E-state index in [0.29, 0.717) is 18.1 Å². The Kier molecular flexibility index (Phi) is 3.04. The summed E-state index contributed by atoms with van der Waals surface area (Å²) in [4.78, 5) is 14.9. The number of hydrogen-bond donors (Lipinski definition) is 2. The average Bonchev–Trinajstić information content (AvgIpc) is 2.78. The third kappa shape index (κ3) is 2.60. The van der Waals surface area contributed by atoms with Crippen molar-refractivity contribution in [3.8, 4) is 0 Å². The second-order valence-corrected chi connectivity index (χ2v) is 3.48. The molecule has 0 bridgehead atoms. The van der Waals surface area contributed by atoms with Crippen molar-refractivity contribution in [2.75, 3.05) is 5.32 Å². The molecule has 2 heterocycles. The van der Waals surface area contributed by atoms with Gasteiger partial charge in [0.25, 0.3) is 0 Å². The van der Waals surface area contributed by atoms with E-state index in [9.17, 15) is 4.79 Å². The highest BCUT2D eigenvalue weighted by Crippen LogP contribution is 2.11. The van der Waals surface area contributed by atoms with Crippen LogP contribution in [0.15, 0.2) is 29.0 Å². The lowest BCUT2D eigenvalue weighted by atomic mass is 10.2. The van der Waals surface area contributed by atoms with Crippen molar-refractivity contribution < 1.29 is 14.4 Å². The number of carbonyl (C=O) groups is 1. The van der Waals surface area contributed by atoms with E-state index in [2.05, 4.69) is 20.0 Å². The fourth-order valence-electron chi connectivity index (χ4n) is 1.40. The molecule has 0 radical (unpaired) electrons. The van der Waals surface area contributed by atoms with E-state index >= 15 is 0 Å². The van der Waals surface area contributed by atoms with E-state index in [1.807, 2.05) is 0 Å².